The second-order valence-electron chi connectivity index (χ2n) is 12.3. The van der Waals surface area contributed by atoms with Gasteiger partial charge in [0.1, 0.15) is 5.75 Å². The van der Waals surface area contributed by atoms with Gasteiger partial charge in [-0.15, -0.1) is 0 Å². The molecule has 0 bridgehead atoms. The van der Waals surface area contributed by atoms with Crippen LogP contribution in [0.25, 0.3) is 22.4 Å². The van der Waals surface area contributed by atoms with Gasteiger partial charge in [-0.1, -0.05) is 35.9 Å². The number of unbranched alkanes of at least 4 members (excludes halogenated alkanes) is 2. The number of rotatable bonds is 21. The smallest absolute Gasteiger partial charge is 0.435 e. The van der Waals surface area contributed by atoms with E-state index in [9.17, 15) is 40.7 Å². The Morgan fingerprint density at radius 2 is 1.49 bits per heavy atom. The molecule has 57 heavy (non-hydrogen) atoms. The average molecular weight is 828 g/mol. The first-order chi connectivity index (χ1) is 27.1. The Hall–Kier alpha value is -4.97. The van der Waals surface area contributed by atoms with Crippen LogP contribution in [0.2, 0.25) is 5.02 Å². The van der Waals surface area contributed by atoms with Crippen molar-refractivity contribution < 1.29 is 64.4 Å². The van der Waals surface area contributed by atoms with Gasteiger partial charge in [0.05, 0.1) is 61.5 Å². The Balaban J connectivity index is 1.27. The van der Waals surface area contributed by atoms with E-state index in [2.05, 4.69) is 10.4 Å². The zero-order chi connectivity index (χ0) is 41.6. The molecule has 3 aromatic carbocycles. The summed E-state index contributed by atoms with van der Waals surface area (Å²) >= 11 is 5.87. The number of amides is 1. The molecule has 0 saturated heterocycles. The van der Waals surface area contributed by atoms with E-state index < -0.39 is 34.6 Å². The molecular formula is C39H40ClF6N3O8. The number of esters is 1. The van der Waals surface area contributed by atoms with Gasteiger partial charge in [0.25, 0.3) is 5.91 Å². The highest BCUT2D eigenvalue weighted by Gasteiger charge is 2.36. The lowest BCUT2D eigenvalue weighted by atomic mass is 9.96. The molecule has 1 aromatic heterocycles. The Labute approximate surface area is 329 Å². The molecule has 11 nitrogen and oxygen atoms in total. The number of aldehydes is 1. The van der Waals surface area contributed by atoms with Crippen molar-refractivity contribution in [3.05, 3.63) is 88.1 Å². The third-order valence-corrected chi connectivity index (χ3v) is 8.50. The van der Waals surface area contributed by atoms with Gasteiger partial charge in [0.15, 0.2) is 17.7 Å². The van der Waals surface area contributed by atoms with Gasteiger partial charge in [0, 0.05) is 43.8 Å². The molecule has 0 aliphatic rings. The Kier molecular flexibility index (Phi) is 16.5. The summed E-state index contributed by atoms with van der Waals surface area (Å²) in [7, 11) is 1.25. The number of alkyl halides is 6. The van der Waals surface area contributed by atoms with Gasteiger partial charge < -0.3 is 29.0 Å². The van der Waals surface area contributed by atoms with Crippen LogP contribution in [0.4, 0.5) is 26.3 Å². The van der Waals surface area contributed by atoms with Crippen LogP contribution in [0.15, 0.2) is 60.7 Å². The van der Waals surface area contributed by atoms with Crippen LogP contribution in [0.3, 0.4) is 0 Å². The van der Waals surface area contributed by atoms with Gasteiger partial charge in [-0.05, 0) is 61.2 Å². The van der Waals surface area contributed by atoms with E-state index in [0.29, 0.717) is 69.7 Å². The first-order valence-corrected chi connectivity index (χ1v) is 18.0. The van der Waals surface area contributed by atoms with Gasteiger partial charge in [-0.2, -0.15) is 31.4 Å². The molecule has 4 aromatic rings. The number of nitrogens with one attached hydrogen (secondary N) is 1. The Bertz CT molecular complexity index is 1990. The fraction of sp³-hybridized carbons (Fsp3) is 0.385. The number of hydrogen-bond donors (Lipinski definition) is 1. The van der Waals surface area contributed by atoms with Crippen LogP contribution in [-0.2, 0) is 38.4 Å². The molecule has 0 radical (unpaired) electrons. The minimum absolute atomic E-state index is 0.0196. The topological polar surface area (TPSA) is 127 Å². The maximum Gasteiger partial charge on any atom is 0.435 e. The summed E-state index contributed by atoms with van der Waals surface area (Å²) in [4.78, 5) is 35.6. The van der Waals surface area contributed by atoms with Crippen LogP contribution in [-0.4, -0.2) is 80.7 Å². The van der Waals surface area contributed by atoms with Crippen LogP contribution in [0.5, 0.6) is 11.5 Å². The molecule has 0 saturated carbocycles. The van der Waals surface area contributed by atoms with E-state index in [0.717, 1.165) is 29.8 Å². The maximum absolute atomic E-state index is 13.9. The number of aromatic nitrogens is 2. The van der Waals surface area contributed by atoms with E-state index in [1.165, 1.54) is 25.2 Å². The summed E-state index contributed by atoms with van der Waals surface area (Å²) in [6, 6.07) is 13.0. The van der Waals surface area contributed by atoms with Crippen molar-refractivity contribution in [3.63, 3.8) is 0 Å². The zero-order valence-electron chi connectivity index (χ0n) is 30.9. The fourth-order valence-corrected chi connectivity index (χ4v) is 5.74. The summed E-state index contributed by atoms with van der Waals surface area (Å²) < 4.78 is 111. The quantitative estimate of drug-likeness (QED) is 0.0291. The molecule has 308 valence electrons. The number of ether oxygens (including phenoxy) is 5. The van der Waals surface area contributed by atoms with Crippen molar-refractivity contribution in [1.29, 1.82) is 0 Å². The highest BCUT2D eigenvalue weighted by atomic mass is 35.5. The van der Waals surface area contributed by atoms with E-state index in [4.69, 9.17) is 35.3 Å². The van der Waals surface area contributed by atoms with Crippen molar-refractivity contribution in [2.24, 2.45) is 7.05 Å². The minimum atomic E-state index is -4.85. The largest absolute Gasteiger partial charge is 0.493 e. The molecule has 0 aliphatic heterocycles. The highest BCUT2D eigenvalue weighted by molar-refractivity contribution is 6.31. The fourth-order valence-electron chi connectivity index (χ4n) is 5.51. The molecule has 18 heteroatoms. The normalized spacial score (nSPS) is 11.7. The molecule has 1 N–H and O–H groups in total. The van der Waals surface area contributed by atoms with E-state index >= 15 is 0 Å². The van der Waals surface area contributed by atoms with Crippen LogP contribution >= 0.6 is 11.6 Å². The lowest BCUT2D eigenvalue weighted by Crippen LogP contribution is -2.28. The van der Waals surface area contributed by atoms with E-state index in [1.807, 2.05) is 0 Å². The van der Waals surface area contributed by atoms with E-state index in [1.54, 1.807) is 24.3 Å². The standard InChI is InChI=1S/C39H40ClF6N3O8/c1-25(51)57-36-29(32-23-34(39(44,45)46)48-49(32)2)11-13-33(35(36)26-10-12-31(40)30(22-26)38(41,42)43)56-16-7-3-6-15-53-18-20-55-21-19-54-17-14-47-37(52)28-9-5-4-8-27(28)24-50/h4-5,8-13,22-24H,3,6-7,14-21H2,1-2H3,(H,47,52). The molecule has 0 spiro atoms. The van der Waals surface area contributed by atoms with Crippen molar-refractivity contribution in [2.75, 3.05) is 52.8 Å². The maximum atomic E-state index is 13.9. The van der Waals surface area contributed by atoms with Crippen LogP contribution in [0.1, 0.15) is 58.2 Å². The SMILES string of the molecule is CC(=O)Oc1c(-c2cc(C(F)(F)F)nn2C)ccc(OCCCCCOCCOCCOCCNC(=O)c2ccccc2C=O)c1-c1ccc(Cl)c(C(F)(F)F)c1. The number of carbonyl (C=O) groups excluding carboxylic acids is 3. The van der Waals surface area contributed by atoms with Crippen LogP contribution < -0.4 is 14.8 Å². The monoisotopic (exact) mass is 827 g/mol. The summed E-state index contributed by atoms with van der Waals surface area (Å²) in [6.45, 7) is 3.35. The summed E-state index contributed by atoms with van der Waals surface area (Å²) in [6.07, 6.45) is -7.24. The summed E-state index contributed by atoms with van der Waals surface area (Å²) in [5.41, 5.74) is -2.18. The second-order valence-corrected chi connectivity index (χ2v) is 12.8. The number of benzene rings is 3. The first kappa shape index (κ1) is 44.7. The van der Waals surface area contributed by atoms with Gasteiger partial charge >= 0.3 is 18.3 Å². The third kappa shape index (κ3) is 13.0. The zero-order valence-corrected chi connectivity index (χ0v) is 31.7. The highest BCUT2D eigenvalue weighted by Crippen LogP contribution is 2.48. The van der Waals surface area contributed by atoms with Gasteiger partial charge in [0.2, 0.25) is 0 Å². The van der Waals surface area contributed by atoms with Crippen molar-refractivity contribution >= 4 is 29.8 Å². The second kappa shape index (κ2) is 21.0. The van der Waals surface area contributed by atoms with Gasteiger partial charge in [-0.25, -0.2) is 0 Å². The minimum Gasteiger partial charge on any atom is -0.493 e. The average Bonchev–Trinajstić information content (AvgIpc) is 3.56. The molecule has 1 amide bonds. The number of nitrogens with zero attached hydrogens (tertiary/aromatic N) is 2. The number of aryl methyl sites for hydroxylation is 1. The lowest BCUT2D eigenvalue weighted by Gasteiger charge is -2.20. The molecular weight excluding hydrogens is 788 g/mol. The molecule has 1 heterocycles. The van der Waals surface area contributed by atoms with Crippen LogP contribution in [0, 0.1) is 0 Å². The van der Waals surface area contributed by atoms with E-state index in [-0.39, 0.29) is 59.5 Å². The lowest BCUT2D eigenvalue weighted by molar-refractivity contribution is -0.141. The van der Waals surface area contributed by atoms with Gasteiger partial charge in [-0.3, -0.25) is 19.1 Å². The molecule has 0 unspecified atom stereocenters. The third-order valence-electron chi connectivity index (χ3n) is 8.17. The number of hydrogen-bond acceptors (Lipinski definition) is 9. The predicted molar refractivity (Wildman–Crippen MR) is 196 cm³/mol. The molecule has 0 aliphatic carbocycles. The first-order valence-electron chi connectivity index (χ1n) is 17.6. The molecule has 0 fully saturated rings. The number of halogens is 7. The predicted octanol–water partition coefficient (Wildman–Crippen LogP) is 8.21. The summed E-state index contributed by atoms with van der Waals surface area (Å²) in [5, 5.41) is 5.62. The van der Waals surface area contributed by atoms with Crippen molar-refractivity contribution in [2.45, 2.75) is 38.5 Å². The molecule has 4 rings (SSSR count). The Morgan fingerprint density at radius 3 is 2.14 bits per heavy atom. The molecule has 0 atom stereocenters. The number of carbonyl (C=O) groups is 3. The van der Waals surface area contributed by atoms with Crippen molar-refractivity contribution in [3.8, 4) is 33.9 Å². The van der Waals surface area contributed by atoms with Crippen molar-refractivity contribution in [1.82, 2.24) is 15.1 Å². The summed E-state index contributed by atoms with van der Waals surface area (Å²) in [5.74, 6) is -1.55. The Morgan fingerprint density at radius 1 is 0.825 bits per heavy atom.